The summed E-state index contributed by atoms with van der Waals surface area (Å²) in [5, 5.41) is 16.6. The van der Waals surface area contributed by atoms with E-state index in [2.05, 4.69) is 10.6 Å². The maximum Gasteiger partial charge on any atom is 0.407 e. The molecule has 1 unspecified atom stereocenters. The number of aliphatic hydroxyl groups is 1. The second-order valence-electron chi connectivity index (χ2n) is 8.19. The van der Waals surface area contributed by atoms with E-state index in [1.165, 1.54) is 13.2 Å². The molecule has 2 aromatic carbocycles. The molecule has 1 atom stereocenters. The van der Waals surface area contributed by atoms with Crippen LogP contribution >= 0.6 is 0 Å². The Hall–Kier alpha value is -3.39. The zero-order valence-corrected chi connectivity index (χ0v) is 18.8. The van der Waals surface area contributed by atoms with Crippen LogP contribution in [0.15, 0.2) is 54.6 Å². The smallest absolute Gasteiger partial charge is 0.407 e. The lowest BCUT2D eigenvalue weighted by atomic mass is 9.85. The van der Waals surface area contributed by atoms with Crippen LogP contribution in [0.2, 0.25) is 0 Å². The Kier molecular flexibility index (Phi) is 8.37. The predicted octanol–water partition coefficient (Wildman–Crippen LogP) is 2.74. The van der Waals surface area contributed by atoms with E-state index >= 15 is 0 Å². The second-order valence-corrected chi connectivity index (χ2v) is 8.19. The molecule has 0 saturated heterocycles. The monoisotopic (exact) mass is 442 g/mol. The third kappa shape index (κ3) is 6.55. The SMILES string of the molecule is COC(=O)C(O)(c1ccccc1)c1cccc(C(=O)NCCCNC(=O)OC(C)(C)C)c1. The van der Waals surface area contributed by atoms with Gasteiger partial charge in [0, 0.05) is 24.2 Å². The van der Waals surface area contributed by atoms with Crippen molar-refractivity contribution in [3.05, 3.63) is 71.3 Å². The van der Waals surface area contributed by atoms with Crippen molar-refractivity contribution in [2.75, 3.05) is 20.2 Å². The number of carbonyl (C=O) groups is 3. The molecule has 0 aliphatic carbocycles. The number of hydrogen-bond acceptors (Lipinski definition) is 6. The van der Waals surface area contributed by atoms with Gasteiger partial charge in [0.25, 0.3) is 5.91 Å². The molecule has 0 saturated carbocycles. The van der Waals surface area contributed by atoms with Gasteiger partial charge in [-0.2, -0.15) is 0 Å². The van der Waals surface area contributed by atoms with Gasteiger partial charge in [0.2, 0.25) is 5.60 Å². The Balaban J connectivity index is 2.03. The fraction of sp³-hybridized carbons (Fsp3) is 0.375. The predicted molar refractivity (Wildman–Crippen MR) is 119 cm³/mol. The molecule has 0 aliphatic rings. The first-order valence-corrected chi connectivity index (χ1v) is 10.3. The average Bonchev–Trinajstić information content (AvgIpc) is 2.77. The highest BCUT2D eigenvalue weighted by Crippen LogP contribution is 2.31. The molecular formula is C24H30N2O6. The first-order chi connectivity index (χ1) is 15.1. The van der Waals surface area contributed by atoms with Crippen LogP contribution < -0.4 is 10.6 Å². The number of amides is 2. The molecule has 2 aromatic rings. The van der Waals surface area contributed by atoms with Crippen LogP contribution in [0, 0.1) is 0 Å². The minimum Gasteiger partial charge on any atom is -0.466 e. The number of methoxy groups -OCH3 is 1. The van der Waals surface area contributed by atoms with E-state index in [0.717, 1.165) is 0 Å². The normalized spacial score (nSPS) is 12.9. The number of benzene rings is 2. The molecule has 3 N–H and O–H groups in total. The van der Waals surface area contributed by atoms with Crippen LogP contribution in [-0.4, -0.2) is 48.9 Å². The van der Waals surface area contributed by atoms with Crippen molar-refractivity contribution >= 4 is 18.0 Å². The van der Waals surface area contributed by atoms with E-state index in [4.69, 9.17) is 9.47 Å². The molecule has 0 fully saturated rings. The summed E-state index contributed by atoms with van der Waals surface area (Å²) in [5.74, 6) is -1.22. The summed E-state index contributed by atoms with van der Waals surface area (Å²) in [4.78, 5) is 36.7. The van der Waals surface area contributed by atoms with Crippen LogP contribution in [0.4, 0.5) is 4.79 Å². The average molecular weight is 443 g/mol. The number of carbonyl (C=O) groups excluding carboxylic acids is 3. The summed E-state index contributed by atoms with van der Waals surface area (Å²) in [6.07, 6.45) is -0.0135. The maximum absolute atomic E-state index is 12.6. The number of rotatable bonds is 8. The van der Waals surface area contributed by atoms with Crippen LogP contribution in [-0.2, 0) is 19.9 Å². The van der Waals surface area contributed by atoms with Crippen LogP contribution in [0.1, 0.15) is 48.7 Å². The van der Waals surface area contributed by atoms with Crippen molar-refractivity contribution in [1.29, 1.82) is 0 Å². The quantitative estimate of drug-likeness (QED) is 0.428. The lowest BCUT2D eigenvalue weighted by molar-refractivity contribution is -0.158. The number of nitrogens with one attached hydrogen (secondary N) is 2. The zero-order valence-electron chi connectivity index (χ0n) is 18.8. The number of ether oxygens (including phenoxy) is 2. The molecule has 0 aromatic heterocycles. The van der Waals surface area contributed by atoms with Gasteiger partial charge >= 0.3 is 12.1 Å². The van der Waals surface area contributed by atoms with Gasteiger partial charge < -0.3 is 25.2 Å². The molecule has 0 aliphatic heterocycles. The van der Waals surface area contributed by atoms with Gasteiger partial charge in [-0.05, 0) is 44.9 Å². The van der Waals surface area contributed by atoms with Gasteiger partial charge in [-0.15, -0.1) is 0 Å². The van der Waals surface area contributed by atoms with Crippen molar-refractivity contribution in [1.82, 2.24) is 10.6 Å². The minimum atomic E-state index is -2.05. The Morgan fingerprint density at radius 3 is 2.16 bits per heavy atom. The topological polar surface area (TPSA) is 114 Å². The van der Waals surface area contributed by atoms with Crippen molar-refractivity contribution in [2.24, 2.45) is 0 Å². The third-order valence-electron chi connectivity index (χ3n) is 4.52. The standard InChI is InChI=1S/C24H30N2O6/c1-23(2,3)32-22(29)26-15-9-14-25-20(27)17-10-8-13-19(16-17)24(30,21(28)31-4)18-11-6-5-7-12-18/h5-8,10-13,16,30H,9,14-15H2,1-4H3,(H,25,27)(H,26,29). The van der Waals surface area contributed by atoms with E-state index in [9.17, 15) is 19.5 Å². The van der Waals surface area contributed by atoms with Crippen molar-refractivity contribution < 1.29 is 29.0 Å². The highest BCUT2D eigenvalue weighted by atomic mass is 16.6. The highest BCUT2D eigenvalue weighted by molar-refractivity contribution is 5.95. The fourth-order valence-corrected chi connectivity index (χ4v) is 3.01. The lowest BCUT2D eigenvalue weighted by Crippen LogP contribution is -2.38. The largest absolute Gasteiger partial charge is 0.466 e. The van der Waals surface area contributed by atoms with Crippen molar-refractivity contribution in [2.45, 2.75) is 38.4 Å². The van der Waals surface area contributed by atoms with Gasteiger partial charge in [0.1, 0.15) is 5.60 Å². The molecular weight excluding hydrogens is 412 g/mol. The lowest BCUT2D eigenvalue weighted by Gasteiger charge is -2.26. The first kappa shape index (κ1) is 24.9. The van der Waals surface area contributed by atoms with Crippen molar-refractivity contribution in [3.63, 3.8) is 0 Å². The van der Waals surface area contributed by atoms with Crippen LogP contribution in [0.5, 0.6) is 0 Å². The second kappa shape index (κ2) is 10.8. The Morgan fingerprint density at radius 2 is 1.53 bits per heavy atom. The van der Waals surface area contributed by atoms with Gasteiger partial charge in [0.15, 0.2) is 0 Å². The van der Waals surface area contributed by atoms with Gasteiger partial charge in [-0.1, -0.05) is 42.5 Å². The summed E-state index contributed by atoms with van der Waals surface area (Å²) in [5.41, 5.74) is -1.80. The van der Waals surface area contributed by atoms with Gasteiger partial charge in [-0.3, -0.25) is 4.79 Å². The fourth-order valence-electron chi connectivity index (χ4n) is 3.01. The zero-order chi connectivity index (χ0) is 23.8. The molecule has 8 nitrogen and oxygen atoms in total. The Morgan fingerprint density at radius 1 is 0.906 bits per heavy atom. The van der Waals surface area contributed by atoms with Gasteiger partial charge in [0.05, 0.1) is 7.11 Å². The van der Waals surface area contributed by atoms with E-state index in [-0.39, 0.29) is 17.0 Å². The van der Waals surface area contributed by atoms with Crippen LogP contribution in [0.25, 0.3) is 0 Å². The van der Waals surface area contributed by atoms with E-state index in [1.807, 2.05) is 0 Å². The molecule has 172 valence electrons. The maximum atomic E-state index is 12.6. The summed E-state index contributed by atoms with van der Waals surface area (Å²) in [6, 6.07) is 14.6. The Bertz CT molecular complexity index is 939. The summed E-state index contributed by atoms with van der Waals surface area (Å²) in [7, 11) is 1.19. The molecule has 32 heavy (non-hydrogen) atoms. The molecule has 2 rings (SSSR count). The number of esters is 1. The summed E-state index contributed by atoms with van der Waals surface area (Å²) >= 11 is 0. The van der Waals surface area contributed by atoms with Crippen LogP contribution in [0.3, 0.4) is 0 Å². The Labute approximate surface area is 187 Å². The molecule has 8 heteroatoms. The van der Waals surface area contributed by atoms with E-state index < -0.39 is 23.3 Å². The van der Waals surface area contributed by atoms with E-state index in [0.29, 0.717) is 25.1 Å². The summed E-state index contributed by atoms with van der Waals surface area (Å²) in [6.45, 7) is 5.99. The third-order valence-corrected chi connectivity index (χ3v) is 4.52. The number of hydrogen-bond donors (Lipinski definition) is 3. The molecule has 0 radical (unpaired) electrons. The van der Waals surface area contributed by atoms with Crippen molar-refractivity contribution in [3.8, 4) is 0 Å². The number of alkyl carbamates (subject to hydrolysis) is 1. The van der Waals surface area contributed by atoms with Gasteiger partial charge in [-0.25, -0.2) is 9.59 Å². The molecule has 2 amide bonds. The highest BCUT2D eigenvalue weighted by Gasteiger charge is 2.41. The van der Waals surface area contributed by atoms with E-state index in [1.54, 1.807) is 69.3 Å². The minimum absolute atomic E-state index is 0.217. The summed E-state index contributed by atoms with van der Waals surface area (Å²) < 4.78 is 9.98. The first-order valence-electron chi connectivity index (χ1n) is 10.3. The molecule has 0 heterocycles. The molecule has 0 spiro atoms. The molecule has 0 bridgehead atoms.